The fourth-order valence-corrected chi connectivity index (χ4v) is 2.51. The minimum absolute atomic E-state index is 0.192. The highest BCUT2D eigenvalue weighted by molar-refractivity contribution is 9.10. The molecule has 1 aliphatic rings. The molecule has 0 bridgehead atoms. The summed E-state index contributed by atoms with van der Waals surface area (Å²) < 4.78 is 28.1. The fourth-order valence-electron chi connectivity index (χ4n) is 2.07. The first kappa shape index (κ1) is 12.0. The van der Waals surface area contributed by atoms with Crippen molar-refractivity contribution in [2.45, 2.75) is 18.8 Å². The van der Waals surface area contributed by atoms with Gasteiger partial charge in [0, 0.05) is 10.4 Å². The molecule has 88 valence electrons. The number of benzene rings is 1. The van der Waals surface area contributed by atoms with Gasteiger partial charge in [0.05, 0.1) is 6.54 Å². The first-order chi connectivity index (χ1) is 7.59. The summed E-state index contributed by atoms with van der Waals surface area (Å²) in [5, 5.41) is 2.74. The van der Waals surface area contributed by atoms with E-state index in [1.54, 1.807) is 0 Å². The van der Waals surface area contributed by atoms with Crippen LogP contribution in [0.2, 0.25) is 0 Å². The molecule has 1 saturated heterocycles. The molecule has 0 spiro atoms. The van der Waals surface area contributed by atoms with E-state index < -0.39 is 11.8 Å². The van der Waals surface area contributed by atoms with Crippen molar-refractivity contribution in [3.05, 3.63) is 34.3 Å². The average molecular weight is 290 g/mol. The van der Waals surface area contributed by atoms with Gasteiger partial charge in [-0.1, -0.05) is 34.1 Å². The predicted molar refractivity (Wildman–Crippen MR) is 63.8 cm³/mol. The molecule has 1 fully saturated rings. The van der Waals surface area contributed by atoms with Gasteiger partial charge in [-0.15, -0.1) is 0 Å². The minimum Gasteiger partial charge on any atom is -0.311 e. The smallest absolute Gasteiger partial charge is 0.263 e. The molecule has 0 aliphatic carbocycles. The van der Waals surface area contributed by atoms with Crippen LogP contribution in [0.25, 0.3) is 0 Å². The molecule has 0 radical (unpaired) electrons. The van der Waals surface area contributed by atoms with Gasteiger partial charge in [0.25, 0.3) is 5.92 Å². The largest absolute Gasteiger partial charge is 0.311 e. The summed E-state index contributed by atoms with van der Waals surface area (Å²) in [6.07, 6.45) is 0.977. The third-order valence-corrected chi connectivity index (χ3v) is 3.83. The Hall–Kier alpha value is -0.480. The number of hydrogen-bond donors (Lipinski definition) is 1. The van der Waals surface area contributed by atoms with Crippen molar-refractivity contribution in [3.63, 3.8) is 0 Å². The monoisotopic (exact) mass is 289 g/mol. The van der Waals surface area contributed by atoms with Crippen molar-refractivity contribution in [1.82, 2.24) is 5.32 Å². The highest BCUT2D eigenvalue weighted by atomic mass is 79.9. The Morgan fingerprint density at radius 1 is 1.38 bits per heavy atom. The van der Waals surface area contributed by atoms with Crippen LogP contribution in [0.5, 0.6) is 0 Å². The normalized spacial score (nSPS) is 24.3. The molecule has 1 unspecified atom stereocenters. The summed E-state index contributed by atoms with van der Waals surface area (Å²) in [7, 11) is 0. The first-order valence-corrected chi connectivity index (χ1v) is 6.21. The lowest BCUT2D eigenvalue weighted by Gasteiger charge is -2.32. The van der Waals surface area contributed by atoms with Gasteiger partial charge in [-0.25, -0.2) is 8.78 Å². The Balaban J connectivity index is 2.12. The first-order valence-electron chi connectivity index (χ1n) is 5.41. The minimum atomic E-state index is -2.59. The van der Waals surface area contributed by atoms with Crippen molar-refractivity contribution >= 4 is 15.9 Å². The number of piperidine rings is 1. The summed E-state index contributed by atoms with van der Waals surface area (Å²) in [6.45, 7) is 0.493. The van der Waals surface area contributed by atoms with Gasteiger partial charge in [0.15, 0.2) is 0 Å². The van der Waals surface area contributed by atoms with Crippen molar-refractivity contribution < 1.29 is 8.78 Å². The molecule has 1 N–H and O–H groups in total. The van der Waals surface area contributed by atoms with E-state index >= 15 is 0 Å². The molecule has 1 aliphatic heterocycles. The second kappa shape index (κ2) is 4.80. The number of rotatable bonds is 2. The number of alkyl halides is 2. The van der Waals surface area contributed by atoms with Crippen molar-refractivity contribution in [1.29, 1.82) is 0 Å². The lowest BCUT2D eigenvalue weighted by Crippen LogP contribution is -2.46. The van der Waals surface area contributed by atoms with Gasteiger partial charge in [-0.05, 0) is 31.0 Å². The highest BCUT2D eigenvalue weighted by Gasteiger charge is 2.41. The van der Waals surface area contributed by atoms with Gasteiger partial charge < -0.3 is 5.32 Å². The molecule has 1 nitrogen and oxygen atoms in total. The second-order valence-corrected chi connectivity index (χ2v) is 5.07. The standard InChI is InChI=1S/C12H14BrF2N/c13-11-4-2-1-3-9(11)7-10-5-6-16-8-12(10,14)15/h1-4,10,16H,5-8H2. The molecule has 0 saturated carbocycles. The zero-order valence-corrected chi connectivity index (χ0v) is 10.4. The lowest BCUT2D eigenvalue weighted by molar-refractivity contribution is -0.0728. The molecule has 4 heteroatoms. The van der Waals surface area contributed by atoms with Crippen LogP contribution in [0.3, 0.4) is 0 Å². The van der Waals surface area contributed by atoms with E-state index in [1.165, 1.54) is 0 Å². The van der Waals surface area contributed by atoms with Crippen LogP contribution in [0, 0.1) is 5.92 Å². The summed E-state index contributed by atoms with van der Waals surface area (Å²) in [6, 6.07) is 7.59. The van der Waals surface area contributed by atoms with Crippen LogP contribution < -0.4 is 5.32 Å². The van der Waals surface area contributed by atoms with Gasteiger partial charge >= 0.3 is 0 Å². The molecule has 1 heterocycles. The maximum atomic E-state index is 13.6. The maximum Gasteiger partial charge on any atom is 0.263 e. The molecule has 1 atom stereocenters. The fraction of sp³-hybridized carbons (Fsp3) is 0.500. The Bertz CT molecular complexity index is 368. The zero-order valence-electron chi connectivity index (χ0n) is 8.85. The van der Waals surface area contributed by atoms with E-state index in [2.05, 4.69) is 21.2 Å². The van der Waals surface area contributed by atoms with E-state index in [-0.39, 0.29) is 6.54 Å². The van der Waals surface area contributed by atoms with E-state index in [9.17, 15) is 8.78 Å². The maximum absolute atomic E-state index is 13.6. The van der Waals surface area contributed by atoms with E-state index in [0.29, 0.717) is 19.4 Å². The number of halogens is 3. The zero-order chi connectivity index (χ0) is 11.6. The van der Waals surface area contributed by atoms with E-state index in [1.807, 2.05) is 24.3 Å². The summed E-state index contributed by atoms with van der Waals surface area (Å²) in [4.78, 5) is 0. The topological polar surface area (TPSA) is 12.0 Å². The number of nitrogens with one attached hydrogen (secondary N) is 1. The molecule has 1 aromatic carbocycles. The number of hydrogen-bond acceptors (Lipinski definition) is 1. The van der Waals surface area contributed by atoms with Gasteiger partial charge in [0.2, 0.25) is 0 Å². The SMILES string of the molecule is FC1(F)CNCCC1Cc1ccccc1Br. The van der Waals surface area contributed by atoms with Crippen LogP contribution in [0.1, 0.15) is 12.0 Å². The molecule has 16 heavy (non-hydrogen) atoms. The van der Waals surface area contributed by atoms with Crippen molar-refractivity contribution in [2.75, 3.05) is 13.1 Å². The average Bonchev–Trinajstić information content (AvgIpc) is 2.24. The van der Waals surface area contributed by atoms with Crippen LogP contribution in [0.4, 0.5) is 8.78 Å². The highest BCUT2D eigenvalue weighted by Crippen LogP contribution is 2.33. The van der Waals surface area contributed by atoms with E-state index in [4.69, 9.17) is 0 Å². The third-order valence-electron chi connectivity index (χ3n) is 3.05. The van der Waals surface area contributed by atoms with Crippen LogP contribution in [0.15, 0.2) is 28.7 Å². The van der Waals surface area contributed by atoms with Crippen molar-refractivity contribution in [2.24, 2.45) is 5.92 Å². The second-order valence-electron chi connectivity index (χ2n) is 4.22. The Morgan fingerprint density at radius 3 is 2.81 bits per heavy atom. The van der Waals surface area contributed by atoms with Gasteiger partial charge in [0.1, 0.15) is 0 Å². The van der Waals surface area contributed by atoms with Crippen LogP contribution >= 0.6 is 15.9 Å². The quantitative estimate of drug-likeness (QED) is 0.881. The Labute approximate surface area is 102 Å². The summed E-state index contributed by atoms with van der Waals surface area (Å²) in [5.74, 6) is -3.14. The Morgan fingerprint density at radius 2 is 2.12 bits per heavy atom. The molecule has 1 aromatic rings. The third kappa shape index (κ3) is 2.61. The molecule has 2 rings (SSSR count). The van der Waals surface area contributed by atoms with E-state index in [0.717, 1.165) is 10.0 Å². The van der Waals surface area contributed by atoms with Gasteiger partial charge in [-0.2, -0.15) is 0 Å². The van der Waals surface area contributed by atoms with Gasteiger partial charge in [-0.3, -0.25) is 0 Å². The summed E-state index contributed by atoms with van der Waals surface area (Å²) >= 11 is 3.40. The molecule has 0 aromatic heterocycles. The van der Waals surface area contributed by atoms with Crippen LogP contribution in [-0.4, -0.2) is 19.0 Å². The molecule has 0 amide bonds. The lowest BCUT2D eigenvalue weighted by atomic mass is 9.88. The molecular weight excluding hydrogens is 276 g/mol. The molecular formula is C12H14BrF2N. The van der Waals surface area contributed by atoms with Crippen LogP contribution in [-0.2, 0) is 6.42 Å². The summed E-state index contributed by atoms with van der Waals surface area (Å²) in [5.41, 5.74) is 0.967. The Kier molecular flexibility index (Phi) is 3.60. The predicted octanol–water partition coefficient (Wildman–Crippen LogP) is 3.24. The van der Waals surface area contributed by atoms with Crippen molar-refractivity contribution in [3.8, 4) is 0 Å².